The van der Waals surface area contributed by atoms with E-state index < -0.39 is 16.2 Å². The third kappa shape index (κ3) is 3.05. The first-order valence-electron chi connectivity index (χ1n) is 5.26. The molecule has 0 aliphatic carbocycles. The molecule has 2 aromatic rings. The number of nitrogens with zero attached hydrogens (tertiary/aromatic N) is 2. The SMILES string of the molecule is O=c1c([N+](=O)[O-])cc(Br)cn1Cc1ccc(F)cc1. The maximum Gasteiger partial charge on any atom is 0.335 e. The maximum absolute atomic E-state index is 12.8. The number of rotatable bonds is 3. The molecule has 2 rings (SSSR count). The lowest BCUT2D eigenvalue weighted by atomic mass is 10.2. The third-order valence-electron chi connectivity index (χ3n) is 2.50. The van der Waals surface area contributed by atoms with Crippen LogP contribution >= 0.6 is 15.9 Å². The Kier molecular flexibility index (Phi) is 3.75. The fourth-order valence-electron chi connectivity index (χ4n) is 1.62. The number of halogens is 2. The molecule has 0 aliphatic heterocycles. The van der Waals surface area contributed by atoms with Gasteiger partial charge in [0, 0.05) is 16.7 Å². The van der Waals surface area contributed by atoms with Crippen LogP contribution < -0.4 is 5.56 Å². The van der Waals surface area contributed by atoms with Crippen molar-refractivity contribution in [3.63, 3.8) is 0 Å². The van der Waals surface area contributed by atoms with Gasteiger partial charge in [-0.3, -0.25) is 14.9 Å². The third-order valence-corrected chi connectivity index (χ3v) is 2.93. The van der Waals surface area contributed by atoms with Crippen LogP contribution in [-0.4, -0.2) is 9.49 Å². The van der Waals surface area contributed by atoms with E-state index in [1.807, 2.05) is 0 Å². The molecule has 1 aromatic heterocycles. The lowest BCUT2D eigenvalue weighted by molar-refractivity contribution is -0.386. The summed E-state index contributed by atoms with van der Waals surface area (Å²) in [5, 5.41) is 10.7. The molecule has 0 bridgehead atoms. The number of nitro groups is 1. The summed E-state index contributed by atoms with van der Waals surface area (Å²) < 4.78 is 14.4. The highest BCUT2D eigenvalue weighted by Crippen LogP contribution is 2.14. The van der Waals surface area contributed by atoms with Crippen molar-refractivity contribution in [1.82, 2.24) is 4.57 Å². The molecule has 0 unspecified atom stereocenters. The van der Waals surface area contributed by atoms with Crippen LogP contribution in [0.4, 0.5) is 10.1 Å². The van der Waals surface area contributed by atoms with E-state index in [4.69, 9.17) is 0 Å². The topological polar surface area (TPSA) is 65.1 Å². The Bertz CT molecular complexity index is 682. The number of aromatic nitrogens is 1. The van der Waals surface area contributed by atoms with Crippen LogP contribution in [0.2, 0.25) is 0 Å². The second kappa shape index (κ2) is 5.31. The van der Waals surface area contributed by atoms with Gasteiger partial charge in [-0.2, -0.15) is 0 Å². The molecule has 0 fully saturated rings. The molecular weight excluding hydrogens is 319 g/mol. The van der Waals surface area contributed by atoms with Gasteiger partial charge in [0.05, 0.1) is 11.5 Å². The van der Waals surface area contributed by atoms with Gasteiger partial charge in [-0.15, -0.1) is 0 Å². The predicted molar refractivity (Wildman–Crippen MR) is 70.6 cm³/mol. The lowest BCUT2D eigenvalue weighted by Gasteiger charge is -2.06. The Morgan fingerprint density at radius 1 is 1.32 bits per heavy atom. The molecule has 0 aliphatic rings. The minimum Gasteiger partial charge on any atom is -0.304 e. The Morgan fingerprint density at radius 3 is 2.53 bits per heavy atom. The van der Waals surface area contributed by atoms with Crippen LogP contribution in [0.5, 0.6) is 0 Å². The number of pyridine rings is 1. The maximum atomic E-state index is 12.8. The smallest absolute Gasteiger partial charge is 0.304 e. The van der Waals surface area contributed by atoms with Crippen molar-refractivity contribution in [3.05, 3.63) is 72.9 Å². The molecule has 0 saturated heterocycles. The Labute approximate surface area is 115 Å². The second-order valence-corrected chi connectivity index (χ2v) is 4.78. The normalized spacial score (nSPS) is 10.4. The van der Waals surface area contributed by atoms with Gasteiger partial charge in [-0.25, -0.2) is 4.39 Å². The van der Waals surface area contributed by atoms with Crippen LogP contribution in [-0.2, 0) is 6.54 Å². The molecule has 0 atom stereocenters. The number of hydrogen-bond donors (Lipinski definition) is 0. The van der Waals surface area contributed by atoms with Crippen LogP contribution in [0.3, 0.4) is 0 Å². The van der Waals surface area contributed by atoms with Gasteiger partial charge in [0.1, 0.15) is 5.82 Å². The van der Waals surface area contributed by atoms with Gasteiger partial charge in [-0.1, -0.05) is 12.1 Å². The molecule has 98 valence electrons. The summed E-state index contributed by atoms with van der Waals surface area (Å²) in [4.78, 5) is 21.9. The first-order valence-corrected chi connectivity index (χ1v) is 6.05. The van der Waals surface area contributed by atoms with E-state index in [1.165, 1.54) is 35.0 Å². The summed E-state index contributed by atoms with van der Waals surface area (Å²) in [5.41, 5.74) is -0.523. The van der Waals surface area contributed by atoms with Crippen molar-refractivity contribution >= 4 is 21.6 Å². The van der Waals surface area contributed by atoms with E-state index in [2.05, 4.69) is 15.9 Å². The van der Waals surface area contributed by atoms with Crippen molar-refractivity contribution in [2.75, 3.05) is 0 Å². The molecule has 0 N–H and O–H groups in total. The highest BCUT2D eigenvalue weighted by molar-refractivity contribution is 9.10. The fourth-order valence-corrected chi connectivity index (χ4v) is 2.08. The molecule has 1 heterocycles. The van der Waals surface area contributed by atoms with Crippen LogP contribution in [0.25, 0.3) is 0 Å². The van der Waals surface area contributed by atoms with Gasteiger partial charge >= 0.3 is 11.2 Å². The van der Waals surface area contributed by atoms with Gasteiger partial charge in [0.15, 0.2) is 0 Å². The average molecular weight is 327 g/mol. The predicted octanol–water partition coefficient (Wildman–Crippen LogP) is 2.71. The molecule has 1 aromatic carbocycles. The largest absolute Gasteiger partial charge is 0.335 e. The zero-order valence-electron chi connectivity index (χ0n) is 9.55. The average Bonchev–Trinajstić information content (AvgIpc) is 2.35. The summed E-state index contributed by atoms with van der Waals surface area (Å²) in [6.45, 7) is 0.138. The Morgan fingerprint density at radius 2 is 1.95 bits per heavy atom. The van der Waals surface area contributed by atoms with E-state index in [0.717, 1.165) is 6.07 Å². The van der Waals surface area contributed by atoms with E-state index >= 15 is 0 Å². The van der Waals surface area contributed by atoms with Crippen molar-refractivity contribution in [1.29, 1.82) is 0 Å². The first-order chi connectivity index (χ1) is 8.97. The second-order valence-electron chi connectivity index (χ2n) is 3.86. The molecule has 0 radical (unpaired) electrons. The summed E-state index contributed by atoms with van der Waals surface area (Å²) in [5.74, 6) is -0.378. The molecular formula is C12H8BrFN2O3. The summed E-state index contributed by atoms with van der Waals surface area (Å²) in [7, 11) is 0. The summed E-state index contributed by atoms with van der Waals surface area (Å²) >= 11 is 3.12. The van der Waals surface area contributed by atoms with E-state index in [0.29, 0.717) is 10.0 Å². The highest BCUT2D eigenvalue weighted by atomic mass is 79.9. The van der Waals surface area contributed by atoms with Crippen molar-refractivity contribution in [2.24, 2.45) is 0 Å². The number of benzene rings is 1. The monoisotopic (exact) mass is 326 g/mol. The van der Waals surface area contributed by atoms with E-state index in [-0.39, 0.29) is 12.4 Å². The van der Waals surface area contributed by atoms with Crippen LogP contribution in [0, 0.1) is 15.9 Å². The summed E-state index contributed by atoms with van der Waals surface area (Å²) in [6.07, 6.45) is 1.46. The minimum atomic E-state index is -0.728. The zero-order chi connectivity index (χ0) is 14.0. The fraction of sp³-hybridized carbons (Fsp3) is 0.0833. The highest BCUT2D eigenvalue weighted by Gasteiger charge is 2.15. The standard InChI is InChI=1S/C12H8BrFN2O3/c13-9-5-11(16(18)19)12(17)15(7-9)6-8-1-3-10(14)4-2-8/h1-5,7H,6H2. The van der Waals surface area contributed by atoms with Gasteiger partial charge < -0.3 is 4.57 Å². The van der Waals surface area contributed by atoms with Crippen molar-refractivity contribution < 1.29 is 9.31 Å². The quantitative estimate of drug-likeness (QED) is 0.643. The summed E-state index contributed by atoms with van der Waals surface area (Å²) in [6, 6.07) is 6.74. The molecule has 19 heavy (non-hydrogen) atoms. The van der Waals surface area contributed by atoms with E-state index in [9.17, 15) is 19.3 Å². The van der Waals surface area contributed by atoms with E-state index in [1.54, 1.807) is 0 Å². The molecule has 0 amide bonds. The Balaban J connectivity index is 2.43. The minimum absolute atomic E-state index is 0.138. The Hall–Kier alpha value is -2.02. The van der Waals surface area contributed by atoms with Gasteiger partial charge in [-0.05, 0) is 33.6 Å². The molecule has 7 heteroatoms. The lowest BCUT2D eigenvalue weighted by Crippen LogP contribution is -2.22. The molecule has 5 nitrogen and oxygen atoms in total. The van der Waals surface area contributed by atoms with Gasteiger partial charge in [0.25, 0.3) is 0 Å². The first kappa shape index (κ1) is 13.4. The van der Waals surface area contributed by atoms with Crippen molar-refractivity contribution in [2.45, 2.75) is 6.54 Å². The van der Waals surface area contributed by atoms with Crippen LogP contribution in [0.1, 0.15) is 5.56 Å². The zero-order valence-corrected chi connectivity index (χ0v) is 11.1. The number of hydrogen-bond acceptors (Lipinski definition) is 3. The van der Waals surface area contributed by atoms with Crippen LogP contribution in [0.15, 0.2) is 45.8 Å². The molecule has 0 saturated carbocycles. The molecule has 0 spiro atoms. The van der Waals surface area contributed by atoms with Gasteiger partial charge in [0.2, 0.25) is 0 Å². The van der Waals surface area contributed by atoms with Crippen molar-refractivity contribution in [3.8, 4) is 0 Å².